The second kappa shape index (κ2) is 8.17. The number of aromatic nitrogens is 1. The first-order valence-corrected chi connectivity index (χ1v) is 6.04. The van der Waals surface area contributed by atoms with Gasteiger partial charge in [-0.05, 0) is 46.2 Å². The molecule has 0 fully saturated rings. The summed E-state index contributed by atoms with van der Waals surface area (Å²) >= 11 is 0. The molecule has 0 radical (unpaired) electrons. The fourth-order valence-electron chi connectivity index (χ4n) is 1.55. The van der Waals surface area contributed by atoms with Crippen molar-refractivity contribution in [3.8, 4) is 0 Å². The summed E-state index contributed by atoms with van der Waals surface area (Å²) in [7, 11) is 6.07. The Kier molecular flexibility index (Phi) is 6.77. The van der Waals surface area contributed by atoms with E-state index in [1.165, 1.54) is 0 Å². The molecule has 0 saturated heterocycles. The van der Waals surface area contributed by atoms with Crippen LogP contribution in [0, 0.1) is 0 Å². The molecule has 0 bridgehead atoms. The van der Waals surface area contributed by atoms with Crippen molar-refractivity contribution in [2.45, 2.75) is 19.6 Å². The topological polar surface area (TPSA) is 37.4 Å². The molecular formula is C13H23N3O. The maximum atomic E-state index is 5.59. The lowest BCUT2D eigenvalue weighted by atomic mass is 10.3. The van der Waals surface area contributed by atoms with Crippen LogP contribution in [0.25, 0.3) is 0 Å². The average Bonchev–Trinajstić information content (AvgIpc) is 2.29. The molecule has 17 heavy (non-hydrogen) atoms. The third kappa shape index (κ3) is 6.36. The van der Waals surface area contributed by atoms with Crippen molar-refractivity contribution in [1.29, 1.82) is 0 Å². The number of ether oxygens (including phenoxy) is 1. The van der Waals surface area contributed by atoms with Crippen molar-refractivity contribution in [3.05, 3.63) is 29.6 Å². The van der Waals surface area contributed by atoms with Crippen molar-refractivity contribution in [1.82, 2.24) is 15.2 Å². The van der Waals surface area contributed by atoms with Gasteiger partial charge in [0.05, 0.1) is 18.0 Å². The Hall–Kier alpha value is -0.970. The van der Waals surface area contributed by atoms with Gasteiger partial charge in [-0.15, -0.1) is 0 Å². The third-order valence-electron chi connectivity index (χ3n) is 2.37. The molecule has 0 saturated carbocycles. The summed E-state index contributed by atoms with van der Waals surface area (Å²) in [6.45, 7) is 3.25. The zero-order valence-electron chi connectivity index (χ0n) is 11.1. The lowest BCUT2D eigenvalue weighted by molar-refractivity contribution is 0.110. The van der Waals surface area contributed by atoms with Crippen molar-refractivity contribution in [2.24, 2.45) is 0 Å². The van der Waals surface area contributed by atoms with Gasteiger partial charge in [0.1, 0.15) is 0 Å². The summed E-state index contributed by atoms with van der Waals surface area (Å²) in [5.41, 5.74) is 2.06. The second-order valence-electron chi connectivity index (χ2n) is 4.36. The van der Waals surface area contributed by atoms with Gasteiger partial charge >= 0.3 is 0 Å². The van der Waals surface area contributed by atoms with Gasteiger partial charge in [0.15, 0.2) is 0 Å². The second-order valence-corrected chi connectivity index (χ2v) is 4.36. The smallest absolute Gasteiger partial charge is 0.0887 e. The van der Waals surface area contributed by atoms with Crippen LogP contribution in [0.1, 0.15) is 17.8 Å². The summed E-state index contributed by atoms with van der Waals surface area (Å²) in [5.74, 6) is 0. The van der Waals surface area contributed by atoms with Crippen LogP contribution in [-0.4, -0.2) is 44.2 Å². The summed E-state index contributed by atoms with van der Waals surface area (Å²) in [5, 5.41) is 3.09. The van der Waals surface area contributed by atoms with Crippen LogP contribution in [-0.2, 0) is 17.9 Å². The van der Waals surface area contributed by atoms with Crippen LogP contribution in [0.3, 0.4) is 0 Å². The molecule has 1 rings (SSSR count). The van der Waals surface area contributed by atoms with Gasteiger partial charge in [-0.25, -0.2) is 0 Å². The van der Waals surface area contributed by atoms with Gasteiger partial charge in [-0.1, -0.05) is 6.07 Å². The highest BCUT2D eigenvalue weighted by molar-refractivity contribution is 5.10. The van der Waals surface area contributed by atoms with E-state index >= 15 is 0 Å². The largest absolute Gasteiger partial charge is 0.375 e. The summed E-state index contributed by atoms with van der Waals surface area (Å²) in [4.78, 5) is 6.66. The van der Waals surface area contributed by atoms with E-state index in [1.54, 1.807) is 0 Å². The number of rotatable bonds is 8. The highest BCUT2D eigenvalue weighted by Crippen LogP contribution is 2.01. The van der Waals surface area contributed by atoms with Crippen LogP contribution in [0.2, 0.25) is 0 Å². The molecule has 0 aliphatic carbocycles. The Labute approximate surface area is 104 Å². The molecule has 0 aliphatic heterocycles. The van der Waals surface area contributed by atoms with Crippen molar-refractivity contribution >= 4 is 0 Å². The first-order valence-electron chi connectivity index (χ1n) is 6.04. The number of pyridine rings is 1. The lowest BCUT2D eigenvalue weighted by Crippen LogP contribution is -2.15. The van der Waals surface area contributed by atoms with Gasteiger partial charge in [-0.2, -0.15) is 0 Å². The minimum absolute atomic E-state index is 0.602. The highest BCUT2D eigenvalue weighted by Gasteiger charge is 1.98. The minimum atomic E-state index is 0.602. The van der Waals surface area contributed by atoms with E-state index in [2.05, 4.69) is 29.3 Å². The van der Waals surface area contributed by atoms with E-state index in [1.807, 2.05) is 25.2 Å². The summed E-state index contributed by atoms with van der Waals surface area (Å²) in [6, 6.07) is 6.05. The van der Waals surface area contributed by atoms with Crippen molar-refractivity contribution in [3.63, 3.8) is 0 Å². The predicted molar refractivity (Wildman–Crippen MR) is 69.8 cm³/mol. The molecule has 0 spiro atoms. The molecule has 0 unspecified atom stereocenters. The molecule has 0 aliphatic rings. The Morgan fingerprint density at radius 3 is 2.76 bits per heavy atom. The maximum Gasteiger partial charge on any atom is 0.0887 e. The van der Waals surface area contributed by atoms with Gasteiger partial charge in [0.25, 0.3) is 0 Å². The molecule has 1 heterocycles. The van der Waals surface area contributed by atoms with Gasteiger partial charge < -0.3 is 15.0 Å². The van der Waals surface area contributed by atoms with Crippen LogP contribution in [0.4, 0.5) is 0 Å². The number of hydrogen-bond acceptors (Lipinski definition) is 4. The number of nitrogens with zero attached hydrogens (tertiary/aromatic N) is 2. The summed E-state index contributed by atoms with van der Waals surface area (Å²) < 4.78 is 5.59. The number of hydrogen-bond donors (Lipinski definition) is 1. The van der Waals surface area contributed by atoms with E-state index in [4.69, 9.17) is 4.74 Å². The lowest BCUT2D eigenvalue weighted by Gasteiger charge is -2.09. The third-order valence-corrected chi connectivity index (χ3v) is 2.37. The Balaban J connectivity index is 2.24. The van der Waals surface area contributed by atoms with Gasteiger partial charge in [0.2, 0.25) is 0 Å². The van der Waals surface area contributed by atoms with Crippen molar-refractivity contribution < 1.29 is 4.74 Å². The van der Waals surface area contributed by atoms with E-state index < -0.39 is 0 Å². The minimum Gasteiger partial charge on any atom is -0.375 e. The SMILES string of the molecule is CNCc1cccc(COCCCN(C)C)n1. The quantitative estimate of drug-likeness (QED) is 0.691. The normalized spacial score (nSPS) is 11.1. The van der Waals surface area contributed by atoms with Crippen LogP contribution >= 0.6 is 0 Å². The number of nitrogens with one attached hydrogen (secondary N) is 1. The van der Waals surface area contributed by atoms with Gasteiger partial charge in [-0.3, -0.25) is 4.98 Å². The highest BCUT2D eigenvalue weighted by atomic mass is 16.5. The maximum absolute atomic E-state index is 5.59. The molecule has 4 heteroatoms. The Morgan fingerprint density at radius 2 is 2.06 bits per heavy atom. The predicted octanol–water partition coefficient (Wildman–Crippen LogP) is 1.27. The Bertz CT molecular complexity index is 315. The first kappa shape index (κ1) is 14.1. The van der Waals surface area contributed by atoms with Crippen LogP contribution in [0.15, 0.2) is 18.2 Å². The molecule has 1 aromatic heterocycles. The molecule has 0 atom stereocenters. The average molecular weight is 237 g/mol. The fourth-order valence-corrected chi connectivity index (χ4v) is 1.55. The Morgan fingerprint density at radius 1 is 1.29 bits per heavy atom. The van der Waals surface area contributed by atoms with Crippen molar-refractivity contribution in [2.75, 3.05) is 34.3 Å². The molecule has 0 aromatic carbocycles. The zero-order valence-corrected chi connectivity index (χ0v) is 11.1. The van der Waals surface area contributed by atoms with E-state index in [-0.39, 0.29) is 0 Å². The fraction of sp³-hybridized carbons (Fsp3) is 0.615. The molecule has 1 N–H and O–H groups in total. The first-order chi connectivity index (χ1) is 8.22. The molecule has 1 aromatic rings. The van der Waals surface area contributed by atoms with E-state index in [9.17, 15) is 0 Å². The zero-order chi connectivity index (χ0) is 12.5. The van der Waals surface area contributed by atoms with E-state index in [0.29, 0.717) is 6.61 Å². The molecule has 96 valence electrons. The van der Waals surface area contributed by atoms with E-state index in [0.717, 1.165) is 37.5 Å². The van der Waals surface area contributed by atoms with Gasteiger partial charge in [0, 0.05) is 13.2 Å². The monoisotopic (exact) mass is 237 g/mol. The van der Waals surface area contributed by atoms with Crippen LogP contribution in [0.5, 0.6) is 0 Å². The molecule has 4 nitrogen and oxygen atoms in total. The standard InChI is InChI=1S/C13H23N3O/c1-14-10-12-6-4-7-13(15-12)11-17-9-5-8-16(2)3/h4,6-7,14H,5,8-11H2,1-3H3. The summed E-state index contributed by atoms with van der Waals surface area (Å²) in [6.07, 6.45) is 1.06. The molecule has 0 amide bonds. The molecular weight excluding hydrogens is 214 g/mol. The van der Waals surface area contributed by atoms with Crippen LogP contribution < -0.4 is 5.32 Å².